The first-order chi connectivity index (χ1) is 14.2. The second-order valence-electron chi connectivity index (χ2n) is 9.77. The molecule has 5 aliphatic rings. The van der Waals surface area contributed by atoms with Crippen molar-refractivity contribution in [3.05, 3.63) is 29.1 Å². The van der Waals surface area contributed by atoms with E-state index in [9.17, 15) is 4.79 Å². The Balaban J connectivity index is 1.38. The molecule has 4 saturated carbocycles. The van der Waals surface area contributed by atoms with Crippen LogP contribution in [0.4, 0.5) is 0 Å². The van der Waals surface area contributed by atoms with Gasteiger partial charge in [0.2, 0.25) is 0 Å². The highest BCUT2D eigenvalue weighted by Gasteiger charge is 2.54. The summed E-state index contributed by atoms with van der Waals surface area (Å²) in [5, 5.41) is 0. The minimum atomic E-state index is -0.165. The van der Waals surface area contributed by atoms with Crippen LogP contribution < -0.4 is 4.80 Å². The van der Waals surface area contributed by atoms with Crippen LogP contribution in [0, 0.1) is 23.2 Å². The van der Waals surface area contributed by atoms with Gasteiger partial charge in [-0.1, -0.05) is 23.5 Å². The van der Waals surface area contributed by atoms with Gasteiger partial charge in [-0.15, -0.1) is 0 Å². The molecule has 2 aromatic rings. The topological polar surface area (TPSA) is 46.8 Å². The first-order valence-corrected chi connectivity index (χ1v) is 12.0. The Bertz CT molecular complexity index is 966. The van der Waals surface area contributed by atoms with Crippen molar-refractivity contribution in [2.24, 2.45) is 28.2 Å². The Kier molecular flexibility index (Phi) is 4.43. The van der Waals surface area contributed by atoms with E-state index in [1.165, 1.54) is 29.5 Å². The highest BCUT2D eigenvalue weighted by molar-refractivity contribution is 7.16. The Labute approximate surface area is 175 Å². The van der Waals surface area contributed by atoms with Gasteiger partial charge in [0.25, 0.3) is 5.91 Å². The number of para-hydroxylation sites is 1. The number of thiazole rings is 1. The maximum Gasteiger partial charge on any atom is 0.254 e. The van der Waals surface area contributed by atoms with Gasteiger partial charge >= 0.3 is 0 Å². The van der Waals surface area contributed by atoms with Crippen LogP contribution in [-0.2, 0) is 16.2 Å². The summed E-state index contributed by atoms with van der Waals surface area (Å²) in [7, 11) is 0. The van der Waals surface area contributed by atoms with Crippen LogP contribution in [0.15, 0.2) is 29.3 Å². The van der Waals surface area contributed by atoms with Gasteiger partial charge in [0.05, 0.1) is 35.5 Å². The number of carbonyl (C=O) groups is 1. The Morgan fingerprint density at radius 2 is 1.72 bits per heavy atom. The van der Waals surface area contributed by atoms with Crippen molar-refractivity contribution >= 4 is 27.5 Å². The summed E-state index contributed by atoms with van der Waals surface area (Å²) in [5.74, 6) is 2.47. The van der Waals surface area contributed by atoms with Gasteiger partial charge in [0.1, 0.15) is 0 Å². The predicted octanol–water partition coefficient (Wildman–Crippen LogP) is 3.64. The first kappa shape index (κ1) is 18.3. The molecule has 0 spiro atoms. The summed E-state index contributed by atoms with van der Waals surface area (Å²) >= 11 is 1.66. The molecule has 5 nitrogen and oxygen atoms in total. The standard InChI is InChI=1S/C23H29N3O2S/c27-21(23-12-16-9-17(13-23)11-18(10-16)14-23)24-22-26(15-25-5-7-28-8-6-25)19-3-1-2-4-20(19)29-22/h1-4,16-18H,5-15H2. The van der Waals surface area contributed by atoms with Crippen molar-refractivity contribution < 1.29 is 9.53 Å². The molecule has 1 aromatic carbocycles. The highest BCUT2D eigenvalue weighted by Crippen LogP contribution is 2.60. The van der Waals surface area contributed by atoms with Crippen LogP contribution in [0.2, 0.25) is 0 Å². The molecule has 5 fully saturated rings. The normalized spacial score (nSPS) is 34.9. The maximum absolute atomic E-state index is 13.6. The average Bonchev–Trinajstić information content (AvgIpc) is 3.05. The summed E-state index contributed by atoms with van der Waals surface area (Å²) in [4.78, 5) is 21.7. The zero-order chi connectivity index (χ0) is 19.4. The minimum Gasteiger partial charge on any atom is -0.379 e. The van der Waals surface area contributed by atoms with Crippen LogP contribution in [0.5, 0.6) is 0 Å². The number of amides is 1. The SMILES string of the molecule is O=C(N=c1sc2ccccc2n1CN1CCOCC1)C12CC3CC(CC(C3)C1)C2. The van der Waals surface area contributed by atoms with E-state index in [2.05, 4.69) is 33.7 Å². The van der Waals surface area contributed by atoms with Crippen molar-refractivity contribution in [3.8, 4) is 0 Å². The van der Waals surface area contributed by atoms with Crippen molar-refractivity contribution in [1.82, 2.24) is 9.47 Å². The number of hydrogen-bond acceptors (Lipinski definition) is 4. The van der Waals surface area contributed by atoms with E-state index in [1.807, 2.05) is 0 Å². The van der Waals surface area contributed by atoms with Crippen molar-refractivity contribution in [3.63, 3.8) is 0 Å². The van der Waals surface area contributed by atoms with Gasteiger partial charge in [-0.3, -0.25) is 9.69 Å². The molecule has 7 rings (SSSR count). The largest absolute Gasteiger partial charge is 0.379 e. The van der Waals surface area contributed by atoms with Crippen LogP contribution in [0.3, 0.4) is 0 Å². The fraction of sp³-hybridized carbons (Fsp3) is 0.652. The molecule has 2 heterocycles. The zero-order valence-corrected chi connectivity index (χ0v) is 17.7. The zero-order valence-electron chi connectivity index (χ0n) is 16.9. The van der Waals surface area contributed by atoms with Crippen molar-refractivity contribution in [2.75, 3.05) is 26.3 Å². The molecule has 1 aliphatic heterocycles. The van der Waals surface area contributed by atoms with E-state index in [0.717, 1.165) is 74.8 Å². The quantitative estimate of drug-likeness (QED) is 0.775. The summed E-state index contributed by atoms with van der Waals surface area (Å²) in [6, 6.07) is 8.45. The smallest absolute Gasteiger partial charge is 0.254 e. The van der Waals surface area contributed by atoms with E-state index >= 15 is 0 Å². The van der Waals surface area contributed by atoms with E-state index in [4.69, 9.17) is 9.73 Å². The summed E-state index contributed by atoms with van der Waals surface area (Å²) in [6.07, 6.45) is 7.30. The molecule has 0 unspecified atom stereocenters. The van der Waals surface area contributed by atoms with Gasteiger partial charge in [-0.2, -0.15) is 4.99 Å². The molecule has 0 atom stereocenters. The van der Waals surface area contributed by atoms with Crippen LogP contribution in [-0.4, -0.2) is 41.7 Å². The molecule has 1 saturated heterocycles. The number of hydrogen-bond donors (Lipinski definition) is 0. The number of aromatic nitrogens is 1. The molecule has 1 aromatic heterocycles. The second-order valence-corrected chi connectivity index (χ2v) is 10.8. The molecule has 4 bridgehead atoms. The number of benzene rings is 1. The molecule has 6 heteroatoms. The maximum atomic E-state index is 13.6. The number of carbonyl (C=O) groups excluding carboxylic acids is 1. The third-order valence-electron chi connectivity index (χ3n) is 7.72. The molecule has 154 valence electrons. The molecule has 4 aliphatic carbocycles. The van der Waals surface area contributed by atoms with Crippen LogP contribution >= 0.6 is 11.3 Å². The highest BCUT2D eigenvalue weighted by atomic mass is 32.1. The number of rotatable bonds is 3. The lowest BCUT2D eigenvalue weighted by molar-refractivity contribution is -0.142. The lowest BCUT2D eigenvalue weighted by Crippen LogP contribution is -2.50. The van der Waals surface area contributed by atoms with Gasteiger partial charge in [0, 0.05) is 13.1 Å². The number of morpholine rings is 1. The second kappa shape index (κ2) is 7.03. The molecule has 0 N–H and O–H groups in total. The van der Waals surface area contributed by atoms with E-state index < -0.39 is 0 Å². The number of ether oxygens (including phenoxy) is 1. The van der Waals surface area contributed by atoms with E-state index in [-0.39, 0.29) is 11.3 Å². The Hall–Kier alpha value is -1.50. The van der Waals surface area contributed by atoms with E-state index in [1.54, 1.807) is 11.3 Å². The third kappa shape index (κ3) is 3.20. The number of fused-ring (bicyclic) bond motifs is 1. The predicted molar refractivity (Wildman–Crippen MR) is 113 cm³/mol. The molecular formula is C23H29N3O2S. The van der Waals surface area contributed by atoms with Gasteiger partial charge < -0.3 is 9.30 Å². The molecule has 29 heavy (non-hydrogen) atoms. The fourth-order valence-corrected chi connectivity index (χ4v) is 7.78. The van der Waals surface area contributed by atoms with E-state index in [0.29, 0.717) is 0 Å². The summed E-state index contributed by atoms with van der Waals surface area (Å²) in [6.45, 7) is 4.20. The average molecular weight is 412 g/mol. The number of nitrogens with zero attached hydrogens (tertiary/aromatic N) is 3. The van der Waals surface area contributed by atoms with Crippen LogP contribution in [0.1, 0.15) is 38.5 Å². The van der Waals surface area contributed by atoms with Crippen molar-refractivity contribution in [1.29, 1.82) is 0 Å². The Morgan fingerprint density at radius 1 is 1.07 bits per heavy atom. The lowest BCUT2D eigenvalue weighted by Gasteiger charge is -2.55. The Morgan fingerprint density at radius 3 is 2.41 bits per heavy atom. The lowest BCUT2D eigenvalue weighted by atomic mass is 9.49. The molecule has 1 amide bonds. The summed E-state index contributed by atoms with van der Waals surface area (Å²) in [5.41, 5.74) is 1.02. The third-order valence-corrected chi connectivity index (χ3v) is 8.78. The first-order valence-electron chi connectivity index (χ1n) is 11.2. The minimum absolute atomic E-state index is 0.165. The molecular weight excluding hydrogens is 382 g/mol. The van der Waals surface area contributed by atoms with Crippen LogP contribution in [0.25, 0.3) is 10.2 Å². The van der Waals surface area contributed by atoms with Crippen molar-refractivity contribution in [2.45, 2.75) is 45.2 Å². The molecule has 0 radical (unpaired) electrons. The summed E-state index contributed by atoms with van der Waals surface area (Å²) < 4.78 is 8.97. The fourth-order valence-electron chi connectivity index (χ4n) is 6.76. The van der Waals surface area contributed by atoms with Gasteiger partial charge in [0.15, 0.2) is 4.80 Å². The monoisotopic (exact) mass is 411 g/mol. The van der Waals surface area contributed by atoms with Gasteiger partial charge in [-0.25, -0.2) is 0 Å². The van der Waals surface area contributed by atoms with Gasteiger partial charge in [-0.05, 0) is 68.4 Å².